The maximum atomic E-state index is 13.1. The van der Waals surface area contributed by atoms with Gasteiger partial charge in [0, 0.05) is 29.0 Å². The Labute approximate surface area is 173 Å². The molecule has 0 radical (unpaired) electrons. The lowest BCUT2D eigenvalue weighted by Crippen LogP contribution is -3.00. The van der Waals surface area contributed by atoms with Gasteiger partial charge < -0.3 is 17.7 Å². The SMILES string of the molecule is Fc1ccc(/C=C/c2sc(Nc3ccccc3)n[n+]2-c2ccccc2)cc1.[Cl-]. The summed E-state index contributed by atoms with van der Waals surface area (Å²) in [5, 5.41) is 9.82. The van der Waals surface area contributed by atoms with Gasteiger partial charge in [-0.25, -0.2) is 4.39 Å². The van der Waals surface area contributed by atoms with E-state index in [4.69, 9.17) is 5.10 Å². The van der Waals surface area contributed by atoms with E-state index < -0.39 is 0 Å². The molecule has 0 aliphatic heterocycles. The Morgan fingerprint density at radius 3 is 2.14 bits per heavy atom. The molecule has 0 unspecified atom stereocenters. The predicted molar refractivity (Wildman–Crippen MR) is 109 cm³/mol. The second-order valence-corrected chi connectivity index (χ2v) is 6.88. The number of anilines is 2. The molecule has 0 amide bonds. The molecule has 6 heteroatoms. The standard InChI is InChI=1S/C22H17FN3S.ClH/c23-18-14-11-17(12-15-18)13-16-21-26(20-9-5-2-6-10-20)25-22(27-21)24-19-7-3-1-4-8-19;/h1-16H,(H,24,25);1H/q+1;/p-1/b16-13+;. The second-order valence-electron chi connectivity index (χ2n) is 5.87. The third kappa shape index (κ3) is 4.82. The fourth-order valence-corrected chi connectivity index (χ4v) is 3.46. The van der Waals surface area contributed by atoms with E-state index in [1.165, 1.54) is 12.1 Å². The highest BCUT2D eigenvalue weighted by atomic mass is 35.5. The lowest BCUT2D eigenvalue weighted by molar-refractivity contribution is -0.654. The molecule has 0 atom stereocenters. The van der Waals surface area contributed by atoms with Gasteiger partial charge in [-0.05, 0) is 51.9 Å². The molecule has 0 aliphatic rings. The van der Waals surface area contributed by atoms with Gasteiger partial charge in [0.2, 0.25) is 5.69 Å². The number of rotatable bonds is 5. The number of aromatic nitrogens is 2. The summed E-state index contributed by atoms with van der Waals surface area (Å²) in [7, 11) is 0. The van der Waals surface area contributed by atoms with Gasteiger partial charge in [0.15, 0.2) is 0 Å². The van der Waals surface area contributed by atoms with Crippen molar-refractivity contribution in [3.05, 3.63) is 101 Å². The highest BCUT2D eigenvalue weighted by Crippen LogP contribution is 2.22. The molecular formula is C22H17ClFN3S. The minimum atomic E-state index is -0.237. The Balaban J connectivity index is 0.00000225. The number of para-hydroxylation sites is 2. The van der Waals surface area contributed by atoms with E-state index in [1.807, 2.05) is 77.5 Å². The molecule has 4 rings (SSSR count). The van der Waals surface area contributed by atoms with Gasteiger partial charge in [-0.3, -0.25) is 0 Å². The first kappa shape index (κ1) is 19.7. The molecule has 28 heavy (non-hydrogen) atoms. The number of halogens is 2. The van der Waals surface area contributed by atoms with Crippen LogP contribution >= 0.6 is 11.3 Å². The van der Waals surface area contributed by atoms with Crippen molar-refractivity contribution in [2.24, 2.45) is 0 Å². The first-order valence-corrected chi connectivity index (χ1v) is 9.34. The van der Waals surface area contributed by atoms with Crippen molar-refractivity contribution in [2.45, 2.75) is 0 Å². The maximum absolute atomic E-state index is 13.1. The minimum absolute atomic E-state index is 0. The minimum Gasteiger partial charge on any atom is -1.00 e. The van der Waals surface area contributed by atoms with Crippen LogP contribution in [0.4, 0.5) is 15.2 Å². The number of nitrogens with one attached hydrogen (secondary N) is 1. The third-order valence-electron chi connectivity index (χ3n) is 3.92. The monoisotopic (exact) mass is 409 g/mol. The average Bonchev–Trinajstić information content (AvgIpc) is 3.12. The van der Waals surface area contributed by atoms with E-state index in [9.17, 15) is 4.39 Å². The second kappa shape index (κ2) is 9.26. The number of hydrogen-bond donors (Lipinski definition) is 1. The summed E-state index contributed by atoms with van der Waals surface area (Å²) in [5.41, 5.74) is 2.90. The van der Waals surface area contributed by atoms with E-state index in [0.29, 0.717) is 0 Å². The zero-order valence-corrected chi connectivity index (χ0v) is 16.4. The average molecular weight is 410 g/mol. The molecule has 0 saturated carbocycles. The van der Waals surface area contributed by atoms with Gasteiger partial charge in [0.1, 0.15) is 5.82 Å². The van der Waals surface area contributed by atoms with Crippen molar-refractivity contribution in [3.8, 4) is 5.69 Å². The van der Waals surface area contributed by atoms with Crippen LogP contribution in [0.5, 0.6) is 0 Å². The van der Waals surface area contributed by atoms with Crippen LogP contribution in [0, 0.1) is 5.82 Å². The van der Waals surface area contributed by atoms with Crippen LogP contribution < -0.4 is 22.4 Å². The molecule has 1 N–H and O–H groups in total. The Bertz CT molecular complexity index is 1050. The van der Waals surface area contributed by atoms with Crippen LogP contribution in [0.2, 0.25) is 0 Å². The predicted octanol–water partition coefficient (Wildman–Crippen LogP) is 2.48. The van der Waals surface area contributed by atoms with E-state index in [2.05, 4.69) is 5.32 Å². The molecule has 1 aromatic heterocycles. The molecular weight excluding hydrogens is 393 g/mol. The van der Waals surface area contributed by atoms with Crippen molar-refractivity contribution >= 4 is 34.3 Å². The lowest BCUT2D eigenvalue weighted by atomic mass is 10.2. The van der Waals surface area contributed by atoms with Crippen LogP contribution in [0.15, 0.2) is 84.9 Å². The van der Waals surface area contributed by atoms with E-state index >= 15 is 0 Å². The van der Waals surface area contributed by atoms with Gasteiger partial charge in [0.25, 0.3) is 10.1 Å². The summed E-state index contributed by atoms with van der Waals surface area (Å²) in [5.74, 6) is -0.237. The molecule has 3 nitrogen and oxygen atoms in total. The van der Waals surface area contributed by atoms with E-state index in [-0.39, 0.29) is 18.2 Å². The Hall–Kier alpha value is -3.02. The summed E-state index contributed by atoms with van der Waals surface area (Å²) >= 11 is 1.55. The smallest absolute Gasteiger partial charge is 0.297 e. The highest BCUT2D eigenvalue weighted by Gasteiger charge is 2.20. The van der Waals surface area contributed by atoms with Crippen molar-refractivity contribution in [2.75, 3.05) is 5.32 Å². The molecule has 0 spiro atoms. The Kier molecular flexibility index (Phi) is 6.53. The van der Waals surface area contributed by atoms with Gasteiger partial charge in [-0.15, -0.1) is 0 Å². The van der Waals surface area contributed by atoms with Gasteiger partial charge >= 0.3 is 0 Å². The summed E-state index contributed by atoms with van der Waals surface area (Å²) in [6.07, 6.45) is 3.95. The normalized spacial score (nSPS) is 10.6. The van der Waals surface area contributed by atoms with Crippen LogP contribution in [0.25, 0.3) is 17.8 Å². The summed E-state index contributed by atoms with van der Waals surface area (Å²) < 4.78 is 15.0. The van der Waals surface area contributed by atoms with Gasteiger partial charge in [-0.2, -0.15) is 0 Å². The number of benzene rings is 3. The summed E-state index contributed by atoms with van der Waals surface area (Å²) in [6, 6.07) is 26.4. The van der Waals surface area contributed by atoms with Crippen molar-refractivity contribution in [1.29, 1.82) is 0 Å². The first-order valence-electron chi connectivity index (χ1n) is 8.52. The van der Waals surface area contributed by atoms with Crippen molar-refractivity contribution in [3.63, 3.8) is 0 Å². The number of nitrogens with zero attached hydrogens (tertiary/aromatic N) is 2. The topological polar surface area (TPSA) is 28.8 Å². The van der Waals surface area contributed by atoms with Crippen LogP contribution in [0.3, 0.4) is 0 Å². The molecule has 3 aromatic carbocycles. The molecule has 1 heterocycles. The zero-order chi connectivity index (χ0) is 18.5. The fraction of sp³-hybridized carbons (Fsp3) is 0. The lowest BCUT2D eigenvalue weighted by Gasteiger charge is -1.97. The highest BCUT2D eigenvalue weighted by molar-refractivity contribution is 7.15. The molecule has 0 fully saturated rings. The molecule has 0 aliphatic carbocycles. The summed E-state index contributed by atoms with van der Waals surface area (Å²) in [4.78, 5) is 0. The maximum Gasteiger partial charge on any atom is 0.297 e. The third-order valence-corrected chi connectivity index (χ3v) is 4.81. The number of hydrogen-bond acceptors (Lipinski definition) is 3. The Morgan fingerprint density at radius 1 is 0.821 bits per heavy atom. The quantitative estimate of drug-likeness (QED) is 0.513. The molecule has 4 aromatic rings. The first-order chi connectivity index (χ1) is 13.3. The van der Waals surface area contributed by atoms with Crippen molar-refractivity contribution in [1.82, 2.24) is 5.10 Å². The largest absolute Gasteiger partial charge is 1.00 e. The van der Waals surface area contributed by atoms with Crippen LogP contribution in [-0.2, 0) is 0 Å². The van der Waals surface area contributed by atoms with Gasteiger partial charge in [0.05, 0.1) is 0 Å². The van der Waals surface area contributed by atoms with Crippen molar-refractivity contribution < 1.29 is 21.5 Å². The van der Waals surface area contributed by atoms with E-state index in [1.54, 1.807) is 23.5 Å². The molecule has 140 valence electrons. The van der Waals surface area contributed by atoms with Gasteiger partial charge in [-0.1, -0.05) is 48.5 Å². The van der Waals surface area contributed by atoms with Crippen LogP contribution in [-0.4, -0.2) is 5.10 Å². The summed E-state index contributed by atoms with van der Waals surface area (Å²) in [6.45, 7) is 0. The molecule has 0 bridgehead atoms. The molecule has 0 saturated heterocycles. The van der Waals surface area contributed by atoms with E-state index in [0.717, 1.165) is 27.1 Å². The zero-order valence-electron chi connectivity index (χ0n) is 14.8. The Morgan fingerprint density at radius 2 is 1.46 bits per heavy atom. The fourth-order valence-electron chi connectivity index (χ4n) is 2.60. The van der Waals surface area contributed by atoms with Crippen LogP contribution in [0.1, 0.15) is 10.6 Å².